The standard InChI is InChI=1S/C9H9F.C2H6/c1-2-9(10)8-6-4-3-5-7-8;1-2/h2-7,9H,1H2;1-2H3. The molecule has 1 aromatic rings. The van der Waals surface area contributed by atoms with Crippen molar-refractivity contribution >= 4 is 0 Å². The molecule has 1 rings (SSSR count). The molecular formula is C11H15F. The molecule has 66 valence electrons. The van der Waals surface area contributed by atoms with E-state index in [1.807, 2.05) is 32.0 Å². The van der Waals surface area contributed by atoms with Gasteiger partial charge in [0.15, 0.2) is 0 Å². The minimum Gasteiger partial charge on any atom is -0.238 e. The molecule has 0 saturated carbocycles. The summed E-state index contributed by atoms with van der Waals surface area (Å²) in [5.41, 5.74) is 0.664. The predicted octanol–water partition coefficient (Wildman–Crippen LogP) is 3.91. The van der Waals surface area contributed by atoms with Crippen LogP contribution in [-0.4, -0.2) is 0 Å². The lowest BCUT2D eigenvalue weighted by Gasteiger charge is -1.99. The van der Waals surface area contributed by atoms with Gasteiger partial charge in [0, 0.05) is 0 Å². The van der Waals surface area contributed by atoms with Gasteiger partial charge in [-0.05, 0) is 5.56 Å². The SMILES string of the molecule is C=CC(F)c1ccccc1.CC. The second-order valence-corrected chi connectivity index (χ2v) is 2.05. The molecule has 0 heterocycles. The Kier molecular flexibility index (Phi) is 5.98. The number of halogens is 1. The Balaban J connectivity index is 0.000000561. The third-order valence-corrected chi connectivity index (χ3v) is 1.32. The number of benzene rings is 1. The van der Waals surface area contributed by atoms with Crippen molar-refractivity contribution in [1.29, 1.82) is 0 Å². The van der Waals surface area contributed by atoms with Crippen molar-refractivity contribution < 1.29 is 4.39 Å². The maximum absolute atomic E-state index is 12.7. The Morgan fingerprint density at radius 3 is 2.17 bits per heavy atom. The first-order chi connectivity index (χ1) is 5.84. The Morgan fingerprint density at radius 1 is 1.25 bits per heavy atom. The van der Waals surface area contributed by atoms with E-state index in [0.29, 0.717) is 5.56 Å². The van der Waals surface area contributed by atoms with E-state index in [-0.39, 0.29) is 0 Å². The molecule has 0 aromatic heterocycles. The van der Waals surface area contributed by atoms with Crippen molar-refractivity contribution in [3.63, 3.8) is 0 Å². The molecular weight excluding hydrogens is 151 g/mol. The zero-order valence-electron chi connectivity index (χ0n) is 7.63. The normalized spacial score (nSPS) is 10.9. The molecule has 0 bridgehead atoms. The van der Waals surface area contributed by atoms with Crippen LogP contribution in [0.1, 0.15) is 25.6 Å². The van der Waals surface area contributed by atoms with Gasteiger partial charge in [0.1, 0.15) is 6.17 Å². The van der Waals surface area contributed by atoms with Crippen LogP contribution in [0.15, 0.2) is 43.0 Å². The highest BCUT2D eigenvalue weighted by atomic mass is 19.1. The van der Waals surface area contributed by atoms with Gasteiger partial charge in [0.25, 0.3) is 0 Å². The van der Waals surface area contributed by atoms with E-state index in [1.54, 1.807) is 12.1 Å². The lowest BCUT2D eigenvalue weighted by Crippen LogP contribution is -1.83. The fourth-order valence-corrected chi connectivity index (χ4v) is 0.773. The zero-order valence-corrected chi connectivity index (χ0v) is 7.63. The third-order valence-electron chi connectivity index (χ3n) is 1.32. The number of rotatable bonds is 2. The van der Waals surface area contributed by atoms with Crippen molar-refractivity contribution in [2.24, 2.45) is 0 Å². The van der Waals surface area contributed by atoms with Gasteiger partial charge in [0.2, 0.25) is 0 Å². The molecule has 0 aliphatic carbocycles. The van der Waals surface area contributed by atoms with Gasteiger partial charge in [-0.1, -0.05) is 56.8 Å². The summed E-state index contributed by atoms with van der Waals surface area (Å²) in [6.07, 6.45) is 0.260. The molecule has 0 amide bonds. The van der Waals surface area contributed by atoms with Gasteiger partial charge < -0.3 is 0 Å². The quantitative estimate of drug-likeness (QED) is 0.584. The van der Waals surface area contributed by atoms with Crippen molar-refractivity contribution in [2.45, 2.75) is 20.0 Å². The summed E-state index contributed by atoms with van der Waals surface area (Å²) in [7, 11) is 0. The van der Waals surface area contributed by atoms with E-state index < -0.39 is 6.17 Å². The second kappa shape index (κ2) is 6.59. The van der Waals surface area contributed by atoms with Crippen LogP contribution < -0.4 is 0 Å². The maximum atomic E-state index is 12.7. The largest absolute Gasteiger partial charge is 0.238 e. The van der Waals surface area contributed by atoms with E-state index in [2.05, 4.69) is 6.58 Å². The monoisotopic (exact) mass is 166 g/mol. The number of allylic oxidation sites excluding steroid dienone is 1. The fourth-order valence-electron chi connectivity index (χ4n) is 0.773. The van der Waals surface area contributed by atoms with E-state index in [4.69, 9.17) is 0 Å². The Labute approximate surface area is 73.7 Å². The third kappa shape index (κ3) is 3.33. The van der Waals surface area contributed by atoms with E-state index >= 15 is 0 Å². The van der Waals surface area contributed by atoms with Gasteiger partial charge in [-0.25, -0.2) is 4.39 Å². The van der Waals surface area contributed by atoms with Gasteiger partial charge >= 0.3 is 0 Å². The lowest BCUT2D eigenvalue weighted by molar-refractivity contribution is 0.415. The number of alkyl halides is 1. The second-order valence-electron chi connectivity index (χ2n) is 2.05. The van der Waals surface area contributed by atoms with Crippen LogP contribution in [-0.2, 0) is 0 Å². The summed E-state index contributed by atoms with van der Waals surface area (Å²) in [5, 5.41) is 0. The van der Waals surface area contributed by atoms with Crippen molar-refractivity contribution in [2.75, 3.05) is 0 Å². The molecule has 0 radical (unpaired) electrons. The van der Waals surface area contributed by atoms with Crippen molar-refractivity contribution in [3.05, 3.63) is 48.6 Å². The highest BCUT2D eigenvalue weighted by Gasteiger charge is 2.00. The van der Waals surface area contributed by atoms with E-state index in [0.717, 1.165) is 0 Å². The molecule has 0 nitrogen and oxygen atoms in total. The predicted molar refractivity (Wildman–Crippen MR) is 51.8 cm³/mol. The maximum Gasteiger partial charge on any atom is 0.143 e. The van der Waals surface area contributed by atoms with Crippen LogP contribution in [0.5, 0.6) is 0 Å². The molecule has 0 aliphatic heterocycles. The first-order valence-corrected chi connectivity index (χ1v) is 4.16. The smallest absolute Gasteiger partial charge is 0.143 e. The fraction of sp³-hybridized carbons (Fsp3) is 0.273. The highest BCUT2D eigenvalue weighted by molar-refractivity contribution is 5.20. The van der Waals surface area contributed by atoms with Crippen molar-refractivity contribution in [1.82, 2.24) is 0 Å². The molecule has 1 atom stereocenters. The molecule has 1 unspecified atom stereocenters. The van der Waals surface area contributed by atoms with Crippen LogP contribution in [0.4, 0.5) is 4.39 Å². The van der Waals surface area contributed by atoms with Gasteiger partial charge in [-0.15, -0.1) is 0 Å². The Morgan fingerprint density at radius 2 is 1.75 bits per heavy atom. The van der Waals surface area contributed by atoms with E-state index in [1.165, 1.54) is 6.08 Å². The van der Waals surface area contributed by atoms with Crippen LogP contribution in [0.25, 0.3) is 0 Å². The summed E-state index contributed by atoms with van der Waals surface area (Å²) in [4.78, 5) is 0. The molecule has 0 spiro atoms. The topological polar surface area (TPSA) is 0 Å². The van der Waals surface area contributed by atoms with Crippen molar-refractivity contribution in [3.8, 4) is 0 Å². The van der Waals surface area contributed by atoms with Crippen LogP contribution >= 0.6 is 0 Å². The zero-order chi connectivity index (χ0) is 9.40. The molecule has 1 aromatic carbocycles. The highest BCUT2D eigenvalue weighted by Crippen LogP contribution is 2.16. The van der Waals surface area contributed by atoms with Crippen LogP contribution in [0.2, 0.25) is 0 Å². The Bertz CT molecular complexity index is 204. The summed E-state index contributed by atoms with van der Waals surface area (Å²) in [6, 6.07) is 8.97. The minimum absolute atomic E-state index is 0.664. The molecule has 0 aliphatic rings. The van der Waals surface area contributed by atoms with Gasteiger partial charge in [0.05, 0.1) is 0 Å². The molecule has 0 saturated heterocycles. The van der Waals surface area contributed by atoms with E-state index in [9.17, 15) is 4.39 Å². The van der Waals surface area contributed by atoms with Gasteiger partial charge in [-0.2, -0.15) is 0 Å². The molecule has 1 heteroatoms. The first kappa shape index (κ1) is 10.9. The molecule has 0 N–H and O–H groups in total. The average molecular weight is 166 g/mol. The average Bonchev–Trinajstić information content (AvgIpc) is 2.21. The number of hydrogen-bond acceptors (Lipinski definition) is 0. The molecule has 0 fully saturated rings. The van der Waals surface area contributed by atoms with Gasteiger partial charge in [-0.3, -0.25) is 0 Å². The van der Waals surface area contributed by atoms with Crippen LogP contribution in [0.3, 0.4) is 0 Å². The summed E-state index contributed by atoms with van der Waals surface area (Å²) in [5.74, 6) is 0. The number of hydrogen-bond donors (Lipinski definition) is 0. The molecule has 12 heavy (non-hydrogen) atoms. The summed E-state index contributed by atoms with van der Waals surface area (Å²) < 4.78 is 12.7. The summed E-state index contributed by atoms with van der Waals surface area (Å²) in [6.45, 7) is 7.36. The Hall–Kier alpha value is -1.11. The lowest BCUT2D eigenvalue weighted by atomic mass is 10.1. The summed E-state index contributed by atoms with van der Waals surface area (Å²) >= 11 is 0. The first-order valence-electron chi connectivity index (χ1n) is 4.16. The minimum atomic E-state index is -1.03. The van der Waals surface area contributed by atoms with Crippen LogP contribution in [0, 0.1) is 0 Å².